The van der Waals surface area contributed by atoms with Crippen molar-refractivity contribution in [3.8, 4) is 11.3 Å². The summed E-state index contributed by atoms with van der Waals surface area (Å²) < 4.78 is 1.98. The number of imidazole rings is 1. The third kappa shape index (κ3) is 3.29. The fourth-order valence-electron chi connectivity index (χ4n) is 3.11. The second kappa shape index (κ2) is 6.85. The summed E-state index contributed by atoms with van der Waals surface area (Å²) in [4.78, 5) is 20.6. The number of hydrogen-bond donors (Lipinski definition) is 1. The highest BCUT2D eigenvalue weighted by atomic mass is 35.5. The number of aromatic nitrogens is 3. The molecule has 0 atom stereocenters. The summed E-state index contributed by atoms with van der Waals surface area (Å²) >= 11 is 5.99. The van der Waals surface area contributed by atoms with Crippen molar-refractivity contribution in [1.29, 1.82) is 0 Å². The highest BCUT2D eigenvalue weighted by molar-refractivity contribution is 6.30. The van der Waals surface area contributed by atoms with E-state index in [-0.39, 0.29) is 5.78 Å². The van der Waals surface area contributed by atoms with Crippen LogP contribution in [0.4, 0.5) is 11.5 Å². The Morgan fingerprint density at radius 3 is 2.59 bits per heavy atom. The number of anilines is 2. The molecule has 0 amide bonds. The highest BCUT2D eigenvalue weighted by Gasteiger charge is 2.11. The van der Waals surface area contributed by atoms with E-state index in [0.717, 1.165) is 33.7 Å². The number of aryl methyl sites for hydroxylation is 1. The van der Waals surface area contributed by atoms with Crippen LogP contribution >= 0.6 is 11.6 Å². The second-order valence-electron chi connectivity index (χ2n) is 6.33. The van der Waals surface area contributed by atoms with Crippen molar-refractivity contribution < 1.29 is 4.79 Å². The minimum Gasteiger partial charge on any atom is -0.337 e. The molecule has 0 fully saturated rings. The van der Waals surface area contributed by atoms with Crippen LogP contribution in [-0.4, -0.2) is 20.2 Å². The van der Waals surface area contributed by atoms with E-state index < -0.39 is 0 Å². The van der Waals surface area contributed by atoms with Gasteiger partial charge in [-0.25, -0.2) is 9.97 Å². The van der Waals surface area contributed by atoms with Gasteiger partial charge in [-0.3, -0.25) is 9.20 Å². The molecule has 0 radical (unpaired) electrons. The maximum atomic E-state index is 11.6. The summed E-state index contributed by atoms with van der Waals surface area (Å²) in [5.41, 5.74) is 5.19. The standard InChI is InChI=1S/C21H17ClN4O/c1-13-11-17(7-8-18(13)14(2)27)25-20-21-24-12-19(26(21)10-9-23-20)15-3-5-16(22)6-4-15/h3-12H,1-2H3,(H,23,25). The molecule has 2 aromatic carbocycles. The predicted molar refractivity (Wildman–Crippen MR) is 108 cm³/mol. The van der Waals surface area contributed by atoms with Crippen LogP contribution in [-0.2, 0) is 0 Å². The molecular weight excluding hydrogens is 360 g/mol. The highest BCUT2D eigenvalue weighted by Crippen LogP contribution is 2.26. The average molecular weight is 377 g/mol. The molecule has 0 unspecified atom stereocenters. The maximum absolute atomic E-state index is 11.6. The van der Waals surface area contributed by atoms with Crippen LogP contribution in [0, 0.1) is 6.92 Å². The smallest absolute Gasteiger partial charge is 0.180 e. The summed E-state index contributed by atoms with van der Waals surface area (Å²) in [7, 11) is 0. The predicted octanol–water partition coefficient (Wildman–Crippen LogP) is 5.30. The van der Waals surface area contributed by atoms with Gasteiger partial charge >= 0.3 is 0 Å². The van der Waals surface area contributed by atoms with Crippen molar-refractivity contribution in [1.82, 2.24) is 14.4 Å². The number of carbonyl (C=O) groups excluding carboxylic acids is 1. The molecule has 5 nitrogen and oxygen atoms in total. The molecule has 27 heavy (non-hydrogen) atoms. The molecule has 0 aliphatic heterocycles. The van der Waals surface area contributed by atoms with Gasteiger partial charge in [0.1, 0.15) is 0 Å². The molecule has 0 aliphatic rings. The lowest BCUT2D eigenvalue weighted by molar-refractivity contribution is 0.101. The van der Waals surface area contributed by atoms with Crippen LogP contribution in [0.2, 0.25) is 5.02 Å². The Bertz CT molecular complexity index is 1150. The molecular formula is C21H17ClN4O. The fourth-order valence-corrected chi connectivity index (χ4v) is 3.24. The number of ketones is 1. The summed E-state index contributed by atoms with van der Waals surface area (Å²) in [6.45, 7) is 3.49. The molecule has 0 saturated carbocycles. The van der Waals surface area contributed by atoms with Gasteiger partial charge in [-0.15, -0.1) is 0 Å². The molecule has 0 bridgehead atoms. The van der Waals surface area contributed by atoms with Gasteiger partial charge in [-0.05, 0) is 49.7 Å². The third-order valence-electron chi connectivity index (χ3n) is 4.44. The van der Waals surface area contributed by atoms with Gasteiger partial charge in [0.15, 0.2) is 17.2 Å². The Kier molecular flexibility index (Phi) is 4.38. The van der Waals surface area contributed by atoms with Crippen LogP contribution in [0.15, 0.2) is 61.1 Å². The minimum absolute atomic E-state index is 0.0557. The van der Waals surface area contributed by atoms with Crippen molar-refractivity contribution >= 4 is 34.5 Å². The largest absolute Gasteiger partial charge is 0.337 e. The van der Waals surface area contributed by atoms with E-state index in [1.807, 2.05) is 66.2 Å². The van der Waals surface area contributed by atoms with E-state index in [4.69, 9.17) is 11.6 Å². The van der Waals surface area contributed by atoms with E-state index in [2.05, 4.69) is 15.3 Å². The Balaban J connectivity index is 1.72. The monoisotopic (exact) mass is 376 g/mol. The molecule has 1 N–H and O–H groups in total. The first-order valence-corrected chi connectivity index (χ1v) is 8.87. The van der Waals surface area contributed by atoms with Crippen LogP contribution in [0.1, 0.15) is 22.8 Å². The summed E-state index contributed by atoms with van der Waals surface area (Å²) in [6.07, 6.45) is 5.42. The number of nitrogens with one attached hydrogen (secondary N) is 1. The zero-order chi connectivity index (χ0) is 19.0. The van der Waals surface area contributed by atoms with E-state index >= 15 is 0 Å². The lowest BCUT2D eigenvalue weighted by Gasteiger charge is -2.10. The number of rotatable bonds is 4. The van der Waals surface area contributed by atoms with Gasteiger partial charge in [0.2, 0.25) is 0 Å². The first kappa shape index (κ1) is 17.2. The quantitative estimate of drug-likeness (QED) is 0.491. The van der Waals surface area contributed by atoms with E-state index in [9.17, 15) is 4.79 Å². The van der Waals surface area contributed by atoms with Crippen molar-refractivity contribution in [2.75, 3.05) is 5.32 Å². The van der Waals surface area contributed by atoms with E-state index in [0.29, 0.717) is 10.8 Å². The van der Waals surface area contributed by atoms with E-state index in [1.165, 1.54) is 0 Å². The van der Waals surface area contributed by atoms with Gasteiger partial charge in [-0.1, -0.05) is 23.7 Å². The average Bonchev–Trinajstić information content (AvgIpc) is 3.07. The number of hydrogen-bond acceptors (Lipinski definition) is 4. The lowest BCUT2D eigenvalue weighted by atomic mass is 10.1. The summed E-state index contributed by atoms with van der Waals surface area (Å²) in [5, 5.41) is 4.00. The van der Waals surface area contributed by atoms with Crippen molar-refractivity contribution in [3.63, 3.8) is 0 Å². The van der Waals surface area contributed by atoms with Gasteiger partial charge in [-0.2, -0.15) is 0 Å². The Morgan fingerprint density at radius 2 is 1.89 bits per heavy atom. The SMILES string of the molecule is CC(=O)c1ccc(Nc2nccn3c(-c4ccc(Cl)cc4)cnc23)cc1C. The first-order valence-electron chi connectivity index (χ1n) is 8.49. The molecule has 134 valence electrons. The molecule has 0 saturated heterocycles. The number of Topliss-reactive ketones (excluding diaryl/α,β-unsaturated/α-hetero) is 1. The lowest BCUT2D eigenvalue weighted by Crippen LogP contribution is -2.01. The summed E-state index contributed by atoms with van der Waals surface area (Å²) in [6, 6.07) is 13.3. The second-order valence-corrected chi connectivity index (χ2v) is 6.77. The normalized spacial score (nSPS) is 10.9. The number of nitrogens with zero attached hydrogens (tertiary/aromatic N) is 3. The van der Waals surface area contributed by atoms with Gasteiger partial charge in [0, 0.05) is 34.2 Å². The first-order chi connectivity index (χ1) is 13.0. The van der Waals surface area contributed by atoms with Crippen LogP contribution in [0.25, 0.3) is 16.9 Å². The molecule has 4 rings (SSSR count). The Labute approximate surface area is 161 Å². The zero-order valence-corrected chi connectivity index (χ0v) is 15.7. The molecule has 0 aliphatic carbocycles. The zero-order valence-electron chi connectivity index (χ0n) is 14.9. The number of benzene rings is 2. The van der Waals surface area contributed by atoms with Crippen molar-refractivity contribution in [3.05, 3.63) is 77.2 Å². The molecule has 0 spiro atoms. The fraction of sp³-hybridized carbons (Fsp3) is 0.0952. The molecule has 2 aromatic heterocycles. The topological polar surface area (TPSA) is 59.3 Å². The minimum atomic E-state index is 0.0557. The van der Waals surface area contributed by atoms with Crippen molar-refractivity contribution in [2.45, 2.75) is 13.8 Å². The van der Waals surface area contributed by atoms with Crippen molar-refractivity contribution in [2.24, 2.45) is 0 Å². The van der Waals surface area contributed by atoms with Crippen LogP contribution in [0.5, 0.6) is 0 Å². The number of halogens is 1. The van der Waals surface area contributed by atoms with Gasteiger partial charge in [0.05, 0.1) is 11.9 Å². The number of carbonyl (C=O) groups is 1. The molecule has 4 aromatic rings. The van der Waals surface area contributed by atoms with Crippen LogP contribution < -0.4 is 5.32 Å². The summed E-state index contributed by atoms with van der Waals surface area (Å²) in [5.74, 6) is 0.702. The van der Waals surface area contributed by atoms with E-state index in [1.54, 1.807) is 13.1 Å². The molecule has 6 heteroatoms. The molecule has 2 heterocycles. The Hall–Kier alpha value is -3.18. The number of fused-ring (bicyclic) bond motifs is 1. The van der Waals surface area contributed by atoms with Crippen LogP contribution in [0.3, 0.4) is 0 Å². The van der Waals surface area contributed by atoms with Gasteiger partial charge in [0.25, 0.3) is 0 Å². The maximum Gasteiger partial charge on any atom is 0.180 e. The third-order valence-corrected chi connectivity index (χ3v) is 4.69. The van der Waals surface area contributed by atoms with Gasteiger partial charge < -0.3 is 5.32 Å². The Morgan fingerprint density at radius 1 is 1.11 bits per heavy atom.